The summed E-state index contributed by atoms with van der Waals surface area (Å²) in [6.07, 6.45) is -0.846. The number of ether oxygens (including phenoxy) is 2. The number of methoxy groups -OCH3 is 1. The second kappa shape index (κ2) is 11.5. The molecule has 1 aliphatic rings. The number of amides is 1. The number of benzene rings is 2. The number of imidazole rings is 1. The predicted molar refractivity (Wildman–Crippen MR) is 145 cm³/mol. The van der Waals surface area contributed by atoms with Crippen molar-refractivity contribution in [1.82, 2.24) is 19.4 Å². The molecule has 1 saturated heterocycles. The minimum absolute atomic E-state index is 0.156. The Morgan fingerprint density at radius 1 is 1.07 bits per heavy atom. The van der Waals surface area contributed by atoms with Gasteiger partial charge in [-0.1, -0.05) is 6.07 Å². The van der Waals surface area contributed by atoms with E-state index in [4.69, 9.17) is 9.47 Å². The summed E-state index contributed by atoms with van der Waals surface area (Å²) in [5.74, 6) is 1.58. The Balaban J connectivity index is 1.24. The lowest BCUT2D eigenvalue weighted by Crippen LogP contribution is -2.41. The van der Waals surface area contributed by atoms with E-state index in [0.717, 1.165) is 43.6 Å². The number of carbonyl (C=O) groups is 1. The summed E-state index contributed by atoms with van der Waals surface area (Å²) in [4.78, 5) is 23.4. The van der Waals surface area contributed by atoms with Crippen LogP contribution in [0.5, 0.6) is 11.5 Å². The molecule has 0 atom stereocenters. The topological polar surface area (TPSA) is 93.5 Å². The zero-order valence-corrected chi connectivity index (χ0v) is 22.0. The Hall–Kier alpha value is -4.16. The van der Waals surface area contributed by atoms with Crippen molar-refractivity contribution in [3.05, 3.63) is 66.4 Å². The van der Waals surface area contributed by atoms with Crippen LogP contribution in [0.2, 0.25) is 0 Å². The van der Waals surface area contributed by atoms with E-state index < -0.39 is 11.7 Å². The summed E-state index contributed by atoms with van der Waals surface area (Å²) in [7, 11) is 3.48. The Kier molecular flexibility index (Phi) is 7.90. The lowest BCUT2D eigenvalue weighted by molar-refractivity contribution is -0.137. The van der Waals surface area contributed by atoms with Crippen LogP contribution in [0, 0.1) is 0 Å². The highest BCUT2D eigenvalue weighted by Gasteiger charge is 2.30. The minimum atomic E-state index is -4.44. The molecule has 40 heavy (non-hydrogen) atoms. The second-order valence-corrected chi connectivity index (χ2v) is 9.59. The van der Waals surface area contributed by atoms with Crippen LogP contribution >= 0.6 is 0 Å². The second-order valence-electron chi connectivity index (χ2n) is 9.59. The molecule has 1 amide bonds. The first-order chi connectivity index (χ1) is 19.2. The molecule has 5 rings (SSSR count). The molecule has 0 aliphatic carbocycles. The van der Waals surface area contributed by atoms with Gasteiger partial charge in [0.1, 0.15) is 17.3 Å². The van der Waals surface area contributed by atoms with Gasteiger partial charge >= 0.3 is 6.18 Å². The normalized spacial score (nSPS) is 14.8. The van der Waals surface area contributed by atoms with Gasteiger partial charge in [-0.3, -0.25) is 9.69 Å². The van der Waals surface area contributed by atoms with Crippen LogP contribution < -0.4 is 15.4 Å². The van der Waals surface area contributed by atoms with Gasteiger partial charge < -0.3 is 24.7 Å². The Morgan fingerprint density at radius 3 is 2.60 bits per heavy atom. The number of anilines is 3. The molecule has 210 valence electrons. The smallest absolute Gasteiger partial charge is 0.416 e. The largest absolute Gasteiger partial charge is 0.457 e. The summed E-state index contributed by atoms with van der Waals surface area (Å²) in [5.41, 5.74) is 0.885. The number of pyridine rings is 1. The molecule has 3 heterocycles. The summed E-state index contributed by atoms with van der Waals surface area (Å²) in [5, 5.41) is 5.78. The maximum Gasteiger partial charge on any atom is 0.416 e. The van der Waals surface area contributed by atoms with E-state index in [1.165, 1.54) is 6.07 Å². The first-order valence-electron chi connectivity index (χ1n) is 12.8. The molecule has 0 bridgehead atoms. The maximum absolute atomic E-state index is 13.1. The van der Waals surface area contributed by atoms with Crippen molar-refractivity contribution in [2.75, 3.05) is 37.4 Å². The Morgan fingerprint density at radius 2 is 1.85 bits per heavy atom. The van der Waals surface area contributed by atoms with Gasteiger partial charge in [-0.2, -0.15) is 13.2 Å². The van der Waals surface area contributed by atoms with Crippen molar-refractivity contribution in [1.29, 1.82) is 0 Å². The van der Waals surface area contributed by atoms with Crippen LogP contribution in [0.4, 0.5) is 30.6 Å². The van der Waals surface area contributed by atoms with E-state index in [9.17, 15) is 18.0 Å². The summed E-state index contributed by atoms with van der Waals surface area (Å²) >= 11 is 0. The highest BCUT2D eigenvalue weighted by Crippen LogP contribution is 2.32. The van der Waals surface area contributed by atoms with Crippen molar-refractivity contribution in [3.63, 3.8) is 0 Å². The molecule has 0 spiro atoms. The van der Waals surface area contributed by atoms with E-state index >= 15 is 0 Å². The van der Waals surface area contributed by atoms with Gasteiger partial charge in [0.25, 0.3) is 0 Å². The van der Waals surface area contributed by atoms with Crippen molar-refractivity contribution >= 4 is 34.4 Å². The third kappa shape index (κ3) is 6.52. The molecule has 0 radical (unpaired) electrons. The quantitative estimate of drug-likeness (QED) is 0.294. The van der Waals surface area contributed by atoms with Crippen LogP contribution in [0.1, 0.15) is 18.4 Å². The van der Waals surface area contributed by atoms with E-state index in [1.807, 2.05) is 6.07 Å². The molecule has 1 aliphatic heterocycles. The number of nitrogens with one attached hydrogen (secondary N) is 2. The standard InChI is InChI=1S/C28H29F3N6O3/c1-36-24-7-6-21(15-23(24)34-27(36)33-19-5-3-4-18(14-19)28(29,30)31)40-22-8-11-32-25(16-22)35-26(38)17-37-12-9-20(39-2)10-13-37/h3-8,11,14-16,20H,9-10,12-13,17H2,1-2H3,(H,33,34)(H,32,35,38). The zero-order valence-electron chi connectivity index (χ0n) is 22.0. The molecule has 1 fully saturated rings. The number of carbonyl (C=O) groups excluding carboxylic acids is 1. The van der Waals surface area contributed by atoms with Crippen molar-refractivity contribution in [2.45, 2.75) is 25.1 Å². The van der Waals surface area contributed by atoms with Crippen molar-refractivity contribution in [2.24, 2.45) is 7.05 Å². The Labute approximate surface area is 228 Å². The molecular weight excluding hydrogens is 525 g/mol. The number of halogens is 3. The van der Waals surface area contributed by atoms with Crippen molar-refractivity contribution < 1.29 is 27.4 Å². The molecule has 2 aromatic carbocycles. The van der Waals surface area contributed by atoms with Gasteiger partial charge in [0.05, 0.1) is 29.2 Å². The minimum Gasteiger partial charge on any atom is -0.457 e. The summed E-state index contributed by atoms with van der Waals surface area (Å²) in [6.45, 7) is 1.88. The van der Waals surface area contributed by atoms with Crippen LogP contribution in [-0.4, -0.2) is 58.2 Å². The van der Waals surface area contributed by atoms with Gasteiger partial charge in [0, 0.05) is 51.3 Å². The molecule has 0 unspecified atom stereocenters. The highest BCUT2D eigenvalue weighted by atomic mass is 19.4. The number of hydrogen-bond donors (Lipinski definition) is 2. The lowest BCUT2D eigenvalue weighted by Gasteiger charge is -2.30. The molecule has 0 saturated carbocycles. The predicted octanol–water partition coefficient (Wildman–Crippen LogP) is 5.57. The third-order valence-corrected chi connectivity index (χ3v) is 6.77. The number of aryl methyl sites for hydroxylation is 1. The molecule has 9 nitrogen and oxygen atoms in total. The molecule has 2 N–H and O–H groups in total. The average Bonchev–Trinajstić information content (AvgIpc) is 3.23. The summed E-state index contributed by atoms with van der Waals surface area (Å²) in [6, 6.07) is 13.6. The van der Waals surface area contributed by atoms with Crippen LogP contribution in [0.25, 0.3) is 11.0 Å². The number of alkyl halides is 3. The molecular formula is C28H29F3N6O3. The third-order valence-electron chi connectivity index (χ3n) is 6.77. The monoisotopic (exact) mass is 554 g/mol. The summed E-state index contributed by atoms with van der Waals surface area (Å²) < 4.78 is 52.4. The average molecular weight is 555 g/mol. The fraction of sp³-hybridized carbons (Fsp3) is 0.321. The molecule has 12 heteroatoms. The van der Waals surface area contributed by atoms with Crippen molar-refractivity contribution in [3.8, 4) is 11.5 Å². The van der Waals surface area contributed by atoms with Crippen LogP contribution in [0.15, 0.2) is 60.8 Å². The van der Waals surface area contributed by atoms with E-state index in [0.29, 0.717) is 28.8 Å². The van der Waals surface area contributed by atoms with Crippen LogP contribution in [0.3, 0.4) is 0 Å². The number of hydrogen-bond acceptors (Lipinski definition) is 7. The molecule has 4 aromatic rings. The van der Waals surface area contributed by atoms with Gasteiger partial charge in [-0.15, -0.1) is 0 Å². The lowest BCUT2D eigenvalue weighted by atomic mass is 10.1. The number of nitrogens with zero attached hydrogens (tertiary/aromatic N) is 4. The molecule has 2 aromatic heterocycles. The number of likely N-dealkylation sites (tertiary alicyclic amines) is 1. The van der Waals surface area contributed by atoms with Gasteiger partial charge in [-0.05, 0) is 49.2 Å². The first-order valence-corrected chi connectivity index (χ1v) is 12.8. The van der Waals surface area contributed by atoms with E-state index in [1.54, 1.807) is 55.3 Å². The van der Waals surface area contributed by atoms with E-state index in [2.05, 4.69) is 25.5 Å². The van der Waals surface area contributed by atoms with Crippen LogP contribution in [-0.2, 0) is 22.8 Å². The first kappa shape index (κ1) is 27.4. The number of rotatable bonds is 8. The van der Waals surface area contributed by atoms with Gasteiger partial charge in [0.15, 0.2) is 0 Å². The number of aromatic nitrogens is 3. The number of fused-ring (bicyclic) bond motifs is 1. The van der Waals surface area contributed by atoms with E-state index in [-0.39, 0.29) is 24.2 Å². The SMILES string of the molecule is COC1CCN(CC(=O)Nc2cc(Oc3ccc4c(c3)nc(Nc3cccc(C(F)(F)F)c3)n4C)ccn2)CC1. The maximum atomic E-state index is 13.1. The number of piperidine rings is 1. The fourth-order valence-corrected chi connectivity index (χ4v) is 4.62. The Bertz CT molecular complexity index is 1500. The van der Waals surface area contributed by atoms with Gasteiger partial charge in [0.2, 0.25) is 11.9 Å². The van der Waals surface area contributed by atoms with Gasteiger partial charge in [-0.25, -0.2) is 9.97 Å². The highest BCUT2D eigenvalue weighted by molar-refractivity contribution is 5.91. The zero-order chi connectivity index (χ0) is 28.3. The fourth-order valence-electron chi connectivity index (χ4n) is 4.62.